The second-order valence-electron chi connectivity index (χ2n) is 4.32. The number of nitrogens with one attached hydrogen (secondary N) is 1. The summed E-state index contributed by atoms with van der Waals surface area (Å²) < 4.78 is 43.2. The average molecular weight is 313 g/mol. The van der Waals surface area contributed by atoms with Crippen molar-refractivity contribution < 1.29 is 17.6 Å². The molecule has 2 heterocycles. The number of hydrogen-bond donors (Lipinski definition) is 1. The van der Waals surface area contributed by atoms with E-state index in [4.69, 9.17) is 4.42 Å². The first-order valence-corrected chi connectivity index (χ1v) is 7.03. The maximum Gasteiger partial charge on any atom is 0.416 e. The lowest BCUT2D eigenvalue weighted by atomic mass is 10.2. The zero-order valence-corrected chi connectivity index (χ0v) is 11.7. The van der Waals surface area contributed by atoms with E-state index >= 15 is 0 Å². The van der Waals surface area contributed by atoms with Crippen molar-refractivity contribution in [1.82, 2.24) is 9.97 Å². The predicted molar refractivity (Wildman–Crippen MR) is 73.8 cm³/mol. The number of alkyl halides is 3. The SMILES string of the molecule is CCc1csc(Nc2nc3cc(C(F)(F)F)ccc3o2)n1. The van der Waals surface area contributed by atoms with Crippen molar-refractivity contribution in [2.75, 3.05) is 5.32 Å². The molecule has 110 valence electrons. The molecule has 4 nitrogen and oxygen atoms in total. The number of fused-ring (bicyclic) bond motifs is 1. The fourth-order valence-electron chi connectivity index (χ4n) is 1.78. The van der Waals surface area contributed by atoms with Crippen molar-refractivity contribution in [3.05, 3.63) is 34.8 Å². The lowest BCUT2D eigenvalue weighted by Gasteiger charge is -2.04. The van der Waals surface area contributed by atoms with Gasteiger partial charge in [0.2, 0.25) is 0 Å². The molecular weight excluding hydrogens is 303 g/mol. The summed E-state index contributed by atoms with van der Waals surface area (Å²) >= 11 is 1.38. The van der Waals surface area contributed by atoms with E-state index in [0.29, 0.717) is 5.13 Å². The minimum atomic E-state index is -4.40. The Bertz CT molecular complexity index is 778. The molecule has 0 radical (unpaired) electrons. The molecule has 0 atom stereocenters. The molecule has 8 heteroatoms. The van der Waals surface area contributed by atoms with Crippen LogP contribution in [0.3, 0.4) is 0 Å². The van der Waals surface area contributed by atoms with Gasteiger partial charge in [0, 0.05) is 5.38 Å². The third-order valence-corrected chi connectivity index (χ3v) is 3.65. The summed E-state index contributed by atoms with van der Waals surface area (Å²) in [4.78, 5) is 8.28. The number of anilines is 2. The maximum atomic E-state index is 12.6. The van der Waals surface area contributed by atoms with Gasteiger partial charge in [0.1, 0.15) is 5.52 Å². The third-order valence-electron chi connectivity index (χ3n) is 2.84. The number of halogens is 3. The van der Waals surface area contributed by atoms with Crippen molar-refractivity contribution in [2.45, 2.75) is 19.5 Å². The number of oxazole rings is 1. The van der Waals surface area contributed by atoms with Gasteiger partial charge < -0.3 is 4.42 Å². The van der Waals surface area contributed by atoms with E-state index in [2.05, 4.69) is 15.3 Å². The topological polar surface area (TPSA) is 51.0 Å². The Hall–Kier alpha value is -2.09. The zero-order chi connectivity index (χ0) is 15.0. The number of rotatable bonds is 3. The summed E-state index contributed by atoms with van der Waals surface area (Å²) in [5, 5.41) is 5.34. The number of aromatic nitrogens is 2. The van der Waals surface area contributed by atoms with E-state index in [1.54, 1.807) is 0 Å². The second kappa shape index (κ2) is 5.03. The molecule has 0 unspecified atom stereocenters. The molecule has 2 aromatic heterocycles. The molecular formula is C13H10F3N3OS. The lowest BCUT2D eigenvalue weighted by molar-refractivity contribution is -0.137. The van der Waals surface area contributed by atoms with E-state index in [1.165, 1.54) is 17.4 Å². The first kappa shape index (κ1) is 13.9. The van der Waals surface area contributed by atoms with Gasteiger partial charge in [0.15, 0.2) is 10.7 Å². The van der Waals surface area contributed by atoms with Crippen molar-refractivity contribution in [3.63, 3.8) is 0 Å². The fraction of sp³-hybridized carbons (Fsp3) is 0.231. The molecule has 21 heavy (non-hydrogen) atoms. The van der Waals surface area contributed by atoms with Crippen LogP contribution in [0, 0.1) is 0 Å². The van der Waals surface area contributed by atoms with E-state index in [-0.39, 0.29) is 17.1 Å². The van der Waals surface area contributed by atoms with Crippen LogP contribution >= 0.6 is 11.3 Å². The lowest BCUT2D eigenvalue weighted by Crippen LogP contribution is -2.03. The molecule has 0 bridgehead atoms. The number of benzene rings is 1. The number of hydrogen-bond acceptors (Lipinski definition) is 5. The van der Waals surface area contributed by atoms with Crippen LogP contribution in [0.1, 0.15) is 18.2 Å². The van der Waals surface area contributed by atoms with Gasteiger partial charge in [-0.05, 0) is 24.6 Å². The number of nitrogens with zero attached hydrogens (tertiary/aromatic N) is 2. The summed E-state index contributed by atoms with van der Waals surface area (Å²) in [5.41, 5.74) is 0.618. The van der Waals surface area contributed by atoms with Gasteiger partial charge in [0.25, 0.3) is 0 Å². The molecule has 0 aliphatic rings. The Morgan fingerprint density at radius 2 is 2.10 bits per heavy atom. The first-order valence-electron chi connectivity index (χ1n) is 6.15. The second-order valence-corrected chi connectivity index (χ2v) is 5.18. The van der Waals surface area contributed by atoms with Crippen LogP contribution in [0.5, 0.6) is 0 Å². The highest BCUT2D eigenvalue weighted by molar-refractivity contribution is 7.13. The standard InChI is InChI=1S/C13H10F3N3OS/c1-2-8-6-21-12(17-8)19-11-18-9-5-7(13(14,15)16)3-4-10(9)20-11/h3-6H,2H2,1H3,(H,17,18,19). The Morgan fingerprint density at radius 3 is 2.76 bits per heavy atom. The molecule has 0 saturated carbocycles. The maximum absolute atomic E-state index is 12.6. The monoisotopic (exact) mass is 313 g/mol. The predicted octanol–water partition coefficient (Wildman–Crippen LogP) is 4.61. The molecule has 0 amide bonds. The molecule has 0 aliphatic heterocycles. The summed E-state index contributed by atoms with van der Waals surface area (Å²) in [6.45, 7) is 1.98. The summed E-state index contributed by atoms with van der Waals surface area (Å²) in [6.07, 6.45) is -3.59. The fourth-order valence-corrected chi connectivity index (χ4v) is 2.56. The van der Waals surface area contributed by atoms with Crippen molar-refractivity contribution >= 4 is 33.6 Å². The zero-order valence-electron chi connectivity index (χ0n) is 10.9. The van der Waals surface area contributed by atoms with Gasteiger partial charge in [0.05, 0.1) is 11.3 Å². The van der Waals surface area contributed by atoms with Crippen molar-refractivity contribution in [2.24, 2.45) is 0 Å². The van der Waals surface area contributed by atoms with Gasteiger partial charge in [-0.25, -0.2) is 4.98 Å². The van der Waals surface area contributed by atoms with Crippen LogP contribution in [0.15, 0.2) is 28.0 Å². The summed E-state index contributed by atoms with van der Waals surface area (Å²) in [5.74, 6) is 0. The largest absolute Gasteiger partial charge is 0.423 e. The van der Waals surface area contributed by atoms with E-state index in [1.807, 2.05) is 12.3 Å². The first-order chi connectivity index (χ1) is 9.95. The van der Waals surface area contributed by atoms with E-state index in [0.717, 1.165) is 24.2 Å². The van der Waals surface area contributed by atoms with E-state index in [9.17, 15) is 13.2 Å². The molecule has 3 rings (SSSR count). The van der Waals surface area contributed by atoms with Gasteiger partial charge in [-0.15, -0.1) is 11.3 Å². The van der Waals surface area contributed by atoms with Crippen LogP contribution in [0.2, 0.25) is 0 Å². The molecule has 1 N–H and O–H groups in total. The summed E-state index contributed by atoms with van der Waals surface area (Å²) in [6, 6.07) is 3.32. The van der Waals surface area contributed by atoms with Crippen LogP contribution in [0.4, 0.5) is 24.3 Å². The Morgan fingerprint density at radius 1 is 1.29 bits per heavy atom. The molecule has 0 saturated heterocycles. The highest BCUT2D eigenvalue weighted by Crippen LogP contribution is 2.32. The van der Waals surface area contributed by atoms with Crippen molar-refractivity contribution in [3.8, 4) is 0 Å². The van der Waals surface area contributed by atoms with Crippen LogP contribution in [0.25, 0.3) is 11.1 Å². The smallest absolute Gasteiger partial charge is 0.416 e. The Balaban J connectivity index is 1.90. The number of thiazole rings is 1. The van der Waals surface area contributed by atoms with Gasteiger partial charge in [-0.1, -0.05) is 6.92 Å². The normalized spacial score (nSPS) is 12.0. The molecule has 0 fully saturated rings. The van der Waals surface area contributed by atoms with Crippen LogP contribution < -0.4 is 5.32 Å². The van der Waals surface area contributed by atoms with Gasteiger partial charge >= 0.3 is 12.2 Å². The number of aryl methyl sites for hydroxylation is 1. The molecule has 3 aromatic rings. The van der Waals surface area contributed by atoms with E-state index < -0.39 is 11.7 Å². The Labute approximate surface area is 121 Å². The highest BCUT2D eigenvalue weighted by Gasteiger charge is 2.31. The minimum Gasteiger partial charge on any atom is -0.423 e. The van der Waals surface area contributed by atoms with Gasteiger partial charge in [-0.3, -0.25) is 5.32 Å². The highest BCUT2D eigenvalue weighted by atomic mass is 32.1. The van der Waals surface area contributed by atoms with Crippen LogP contribution in [-0.4, -0.2) is 9.97 Å². The molecule has 0 aliphatic carbocycles. The van der Waals surface area contributed by atoms with Gasteiger partial charge in [-0.2, -0.15) is 18.2 Å². The molecule has 1 aromatic carbocycles. The van der Waals surface area contributed by atoms with Crippen LogP contribution in [-0.2, 0) is 12.6 Å². The minimum absolute atomic E-state index is 0.126. The average Bonchev–Trinajstić information content (AvgIpc) is 3.02. The third kappa shape index (κ3) is 2.85. The van der Waals surface area contributed by atoms with Crippen molar-refractivity contribution in [1.29, 1.82) is 0 Å². The summed E-state index contributed by atoms with van der Waals surface area (Å²) in [7, 11) is 0. The quantitative estimate of drug-likeness (QED) is 0.767. The molecule has 0 spiro atoms. The Kier molecular flexibility index (Phi) is 3.32.